The molecule has 27 heavy (non-hydrogen) atoms. The Labute approximate surface area is 165 Å². The Morgan fingerprint density at radius 3 is 2.04 bits per heavy atom. The lowest BCUT2D eigenvalue weighted by Crippen LogP contribution is -2.33. The average Bonchev–Trinajstić information content (AvgIpc) is 2.70. The monoisotopic (exact) mass is 401 g/mol. The van der Waals surface area contributed by atoms with Crippen LogP contribution in [0.25, 0.3) is 0 Å². The van der Waals surface area contributed by atoms with Crippen molar-refractivity contribution in [3.63, 3.8) is 0 Å². The van der Waals surface area contributed by atoms with Gasteiger partial charge in [0.1, 0.15) is 5.75 Å². The quantitative estimate of drug-likeness (QED) is 0.562. The second kappa shape index (κ2) is 8.03. The number of hydrogen-bond acceptors (Lipinski definition) is 3. The molecule has 0 aromatic heterocycles. The van der Waals surface area contributed by atoms with Crippen molar-refractivity contribution in [2.24, 2.45) is 0 Å². The van der Waals surface area contributed by atoms with Crippen molar-refractivity contribution in [3.05, 3.63) is 89.4 Å². The van der Waals surface area contributed by atoms with E-state index in [0.29, 0.717) is 16.5 Å². The van der Waals surface area contributed by atoms with Crippen LogP contribution in [-0.4, -0.2) is 15.5 Å². The number of nitrogens with zero attached hydrogens (tertiary/aromatic N) is 1. The van der Waals surface area contributed by atoms with Gasteiger partial charge in [-0.05, 0) is 61.0 Å². The number of benzene rings is 3. The summed E-state index contributed by atoms with van der Waals surface area (Å²) in [5, 5.41) is 0.549. The van der Waals surface area contributed by atoms with Gasteiger partial charge in [-0.3, -0.25) is 4.31 Å². The predicted molar refractivity (Wildman–Crippen MR) is 109 cm³/mol. The Morgan fingerprint density at radius 1 is 0.889 bits per heavy atom. The summed E-state index contributed by atoms with van der Waals surface area (Å²) >= 11 is 6.00. The maximum atomic E-state index is 13.5. The molecule has 6 heteroatoms. The maximum Gasteiger partial charge on any atom is 0.264 e. The summed E-state index contributed by atoms with van der Waals surface area (Å²) in [6.45, 7) is 1.87. The van der Waals surface area contributed by atoms with Crippen molar-refractivity contribution < 1.29 is 13.2 Å². The van der Waals surface area contributed by atoms with Crippen molar-refractivity contribution in [2.45, 2.75) is 17.9 Å². The van der Waals surface area contributed by atoms with E-state index < -0.39 is 16.1 Å². The molecule has 0 bridgehead atoms. The molecule has 0 aliphatic carbocycles. The first-order valence-electron chi connectivity index (χ1n) is 8.42. The summed E-state index contributed by atoms with van der Waals surface area (Å²) in [6.07, 6.45) is 0. The topological polar surface area (TPSA) is 46.6 Å². The first kappa shape index (κ1) is 19.3. The first-order chi connectivity index (χ1) is 12.9. The molecule has 0 spiro atoms. The summed E-state index contributed by atoms with van der Waals surface area (Å²) in [7, 11) is -2.26. The molecule has 0 radical (unpaired) electrons. The molecular formula is C21H20ClNO3S. The van der Waals surface area contributed by atoms with Gasteiger partial charge in [-0.15, -0.1) is 0 Å². The molecule has 4 nitrogen and oxygen atoms in total. The van der Waals surface area contributed by atoms with Gasteiger partial charge in [0.05, 0.1) is 23.7 Å². The van der Waals surface area contributed by atoms with E-state index in [1.165, 1.54) is 4.31 Å². The average molecular weight is 402 g/mol. The number of ether oxygens (including phenoxy) is 1. The highest BCUT2D eigenvalue weighted by Crippen LogP contribution is 2.34. The molecule has 0 fully saturated rings. The van der Waals surface area contributed by atoms with E-state index in [1.807, 2.05) is 37.3 Å². The number of methoxy groups -OCH3 is 1. The first-order valence-corrected chi connectivity index (χ1v) is 10.2. The lowest BCUT2D eigenvalue weighted by molar-refractivity contribution is 0.414. The van der Waals surface area contributed by atoms with Crippen LogP contribution < -0.4 is 9.04 Å². The van der Waals surface area contributed by atoms with Gasteiger partial charge in [0.15, 0.2) is 0 Å². The molecule has 0 heterocycles. The zero-order chi connectivity index (χ0) is 19.4. The van der Waals surface area contributed by atoms with E-state index in [1.54, 1.807) is 55.6 Å². The van der Waals surface area contributed by atoms with E-state index in [-0.39, 0.29) is 4.90 Å². The van der Waals surface area contributed by atoms with Gasteiger partial charge in [0.25, 0.3) is 10.0 Å². The summed E-state index contributed by atoms with van der Waals surface area (Å²) in [6, 6.07) is 22.3. The van der Waals surface area contributed by atoms with E-state index in [0.717, 1.165) is 5.56 Å². The van der Waals surface area contributed by atoms with Crippen LogP contribution >= 0.6 is 11.6 Å². The lowest BCUT2D eigenvalue weighted by atomic mass is 10.1. The minimum Gasteiger partial charge on any atom is -0.497 e. The zero-order valence-corrected chi connectivity index (χ0v) is 16.6. The standard InChI is InChI=1S/C21H20ClNO3S/c1-16(17-6-4-3-5-7-17)23(19-10-8-18(22)9-11-19)27(24,25)21-14-12-20(26-2)13-15-21/h3-16H,1-2H3. The summed E-state index contributed by atoms with van der Waals surface area (Å²) < 4.78 is 33.5. The highest BCUT2D eigenvalue weighted by molar-refractivity contribution is 7.92. The van der Waals surface area contributed by atoms with Crippen LogP contribution in [0.2, 0.25) is 5.02 Å². The minimum atomic E-state index is -3.80. The highest BCUT2D eigenvalue weighted by Gasteiger charge is 2.30. The summed E-state index contributed by atoms with van der Waals surface area (Å²) in [4.78, 5) is 0.195. The van der Waals surface area contributed by atoms with Crippen LogP contribution in [0.5, 0.6) is 5.75 Å². The van der Waals surface area contributed by atoms with Crippen LogP contribution in [0.4, 0.5) is 5.69 Å². The number of sulfonamides is 1. The molecule has 3 aromatic carbocycles. The van der Waals surface area contributed by atoms with Crippen molar-refractivity contribution in [1.29, 1.82) is 0 Å². The van der Waals surface area contributed by atoms with Crippen LogP contribution in [0, 0.1) is 0 Å². The van der Waals surface area contributed by atoms with Crippen LogP contribution in [0.3, 0.4) is 0 Å². The number of rotatable bonds is 6. The largest absolute Gasteiger partial charge is 0.497 e. The molecule has 0 saturated heterocycles. The van der Waals surface area contributed by atoms with Crippen molar-refractivity contribution in [1.82, 2.24) is 0 Å². The third-order valence-corrected chi connectivity index (χ3v) is 6.50. The third-order valence-electron chi connectivity index (χ3n) is 4.33. The lowest BCUT2D eigenvalue weighted by Gasteiger charge is -2.31. The van der Waals surface area contributed by atoms with E-state index >= 15 is 0 Å². The summed E-state index contributed by atoms with van der Waals surface area (Å²) in [5.74, 6) is 0.600. The highest BCUT2D eigenvalue weighted by atomic mass is 35.5. The Kier molecular flexibility index (Phi) is 5.73. The molecule has 1 unspecified atom stereocenters. The van der Waals surface area contributed by atoms with Gasteiger partial charge in [0, 0.05) is 5.02 Å². The Morgan fingerprint density at radius 2 is 1.48 bits per heavy atom. The van der Waals surface area contributed by atoms with Crippen molar-refractivity contribution >= 4 is 27.3 Å². The summed E-state index contributed by atoms with van der Waals surface area (Å²) in [5.41, 5.74) is 1.44. The zero-order valence-electron chi connectivity index (χ0n) is 15.0. The Hall–Kier alpha value is -2.50. The van der Waals surface area contributed by atoms with E-state index in [2.05, 4.69) is 0 Å². The fraction of sp³-hybridized carbons (Fsp3) is 0.143. The second-order valence-corrected chi connectivity index (χ2v) is 8.29. The molecule has 1 atom stereocenters. The van der Waals surface area contributed by atoms with Gasteiger partial charge >= 0.3 is 0 Å². The molecule has 0 N–H and O–H groups in total. The van der Waals surface area contributed by atoms with Gasteiger partial charge < -0.3 is 4.74 Å². The maximum absolute atomic E-state index is 13.5. The number of hydrogen-bond donors (Lipinski definition) is 0. The van der Waals surface area contributed by atoms with Crippen LogP contribution in [0.15, 0.2) is 83.8 Å². The normalized spacial score (nSPS) is 12.4. The second-order valence-electron chi connectivity index (χ2n) is 6.04. The Balaban J connectivity index is 2.11. The predicted octanol–water partition coefficient (Wildman–Crippen LogP) is 5.31. The minimum absolute atomic E-state index is 0.195. The van der Waals surface area contributed by atoms with Crippen molar-refractivity contribution in [3.8, 4) is 5.75 Å². The fourth-order valence-electron chi connectivity index (χ4n) is 2.89. The molecular weight excluding hydrogens is 382 g/mol. The molecule has 0 amide bonds. The fourth-order valence-corrected chi connectivity index (χ4v) is 4.66. The SMILES string of the molecule is COc1ccc(S(=O)(=O)N(c2ccc(Cl)cc2)C(C)c2ccccc2)cc1. The third kappa shape index (κ3) is 4.10. The van der Waals surface area contributed by atoms with Gasteiger partial charge in [0.2, 0.25) is 0 Å². The molecule has 0 aliphatic heterocycles. The number of halogens is 1. The molecule has 3 aromatic rings. The van der Waals surface area contributed by atoms with Gasteiger partial charge in [-0.25, -0.2) is 8.42 Å². The van der Waals surface area contributed by atoms with Crippen LogP contribution in [0.1, 0.15) is 18.5 Å². The van der Waals surface area contributed by atoms with Gasteiger partial charge in [-0.1, -0.05) is 41.9 Å². The van der Waals surface area contributed by atoms with Crippen LogP contribution in [-0.2, 0) is 10.0 Å². The van der Waals surface area contributed by atoms with E-state index in [9.17, 15) is 8.42 Å². The molecule has 0 saturated carbocycles. The Bertz CT molecular complexity index is 988. The molecule has 0 aliphatic rings. The smallest absolute Gasteiger partial charge is 0.264 e. The van der Waals surface area contributed by atoms with Crippen molar-refractivity contribution in [2.75, 3.05) is 11.4 Å². The molecule has 3 rings (SSSR count). The van der Waals surface area contributed by atoms with Gasteiger partial charge in [-0.2, -0.15) is 0 Å². The number of anilines is 1. The van der Waals surface area contributed by atoms with E-state index in [4.69, 9.17) is 16.3 Å². The molecule has 140 valence electrons.